The molecule has 0 bridgehead atoms. The number of thioether (sulfide) groups is 1. The van der Waals surface area contributed by atoms with E-state index in [0.29, 0.717) is 12.2 Å². The zero-order valence-corrected chi connectivity index (χ0v) is 16.0. The molecule has 3 heterocycles. The van der Waals surface area contributed by atoms with Crippen LogP contribution in [-0.4, -0.2) is 66.3 Å². The first-order valence-electron chi connectivity index (χ1n) is 9.14. The van der Waals surface area contributed by atoms with Crippen LogP contribution in [-0.2, 0) is 4.74 Å². The van der Waals surface area contributed by atoms with Gasteiger partial charge in [0.25, 0.3) is 0 Å². The van der Waals surface area contributed by atoms with Gasteiger partial charge in [0.1, 0.15) is 5.03 Å². The molecule has 134 valence electrons. The van der Waals surface area contributed by atoms with Crippen molar-refractivity contribution in [3.63, 3.8) is 0 Å². The Kier molecular flexibility index (Phi) is 6.36. The van der Waals surface area contributed by atoms with E-state index in [1.165, 1.54) is 25.8 Å². The number of morpholine rings is 1. The second-order valence-electron chi connectivity index (χ2n) is 7.17. The summed E-state index contributed by atoms with van der Waals surface area (Å²) in [7, 11) is 0. The van der Waals surface area contributed by atoms with E-state index in [-0.39, 0.29) is 0 Å². The van der Waals surface area contributed by atoms with Crippen molar-refractivity contribution in [3.05, 3.63) is 12.1 Å². The summed E-state index contributed by atoms with van der Waals surface area (Å²) >= 11 is 1.64. The molecule has 0 spiro atoms. The van der Waals surface area contributed by atoms with E-state index >= 15 is 0 Å². The van der Waals surface area contributed by atoms with Gasteiger partial charge in [-0.3, -0.25) is 4.90 Å². The maximum Gasteiger partial charge on any atom is 0.151 e. The molecule has 0 radical (unpaired) electrons. The zero-order chi connectivity index (χ0) is 16.9. The summed E-state index contributed by atoms with van der Waals surface area (Å²) < 4.78 is 5.83. The number of anilines is 1. The maximum atomic E-state index is 5.83. The number of rotatable bonds is 5. The van der Waals surface area contributed by atoms with Crippen LogP contribution in [0.1, 0.15) is 33.1 Å². The molecule has 1 aromatic heterocycles. The van der Waals surface area contributed by atoms with E-state index in [0.717, 1.165) is 42.9 Å². The predicted molar refractivity (Wildman–Crippen MR) is 99.8 cm³/mol. The van der Waals surface area contributed by atoms with Gasteiger partial charge < -0.3 is 9.64 Å². The monoisotopic (exact) mass is 350 g/mol. The van der Waals surface area contributed by atoms with Crippen LogP contribution in [0, 0.1) is 5.92 Å². The fourth-order valence-electron chi connectivity index (χ4n) is 3.87. The van der Waals surface area contributed by atoms with Gasteiger partial charge in [0.2, 0.25) is 0 Å². The topological polar surface area (TPSA) is 41.5 Å². The summed E-state index contributed by atoms with van der Waals surface area (Å²) in [5, 5.41) is 9.61. The first kappa shape index (κ1) is 18.0. The SMILES string of the molecule is CSc1ccc(N2CCC(CCN3CC(C)OC(C)C3)CC2)nn1. The zero-order valence-electron chi connectivity index (χ0n) is 15.1. The Morgan fingerprint density at radius 2 is 1.83 bits per heavy atom. The van der Waals surface area contributed by atoms with Crippen molar-refractivity contribution in [1.82, 2.24) is 15.1 Å². The van der Waals surface area contributed by atoms with Crippen LogP contribution in [0.2, 0.25) is 0 Å². The van der Waals surface area contributed by atoms with Gasteiger partial charge in [-0.1, -0.05) is 0 Å². The largest absolute Gasteiger partial charge is 0.373 e. The van der Waals surface area contributed by atoms with E-state index in [4.69, 9.17) is 4.74 Å². The molecule has 2 aliphatic rings. The second kappa shape index (κ2) is 8.50. The van der Waals surface area contributed by atoms with Gasteiger partial charge in [0.05, 0.1) is 12.2 Å². The lowest BCUT2D eigenvalue weighted by atomic mass is 9.93. The Morgan fingerprint density at radius 3 is 2.42 bits per heavy atom. The minimum absolute atomic E-state index is 0.374. The summed E-state index contributed by atoms with van der Waals surface area (Å²) in [6, 6.07) is 4.18. The average Bonchev–Trinajstić information content (AvgIpc) is 2.60. The second-order valence-corrected chi connectivity index (χ2v) is 8.00. The van der Waals surface area contributed by atoms with E-state index in [2.05, 4.69) is 46.0 Å². The quantitative estimate of drug-likeness (QED) is 0.761. The van der Waals surface area contributed by atoms with E-state index < -0.39 is 0 Å². The van der Waals surface area contributed by atoms with Gasteiger partial charge in [0.15, 0.2) is 5.82 Å². The molecule has 6 heteroatoms. The number of nitrogens with zero attached hydrogens (tertiary/aromatic N) is 4. The molecular weight excluding hydrogens is 320 g/mol. The summed E-state index contributed by atoms with van der Waals surface area (Å²) in [4.78, 5) is 4.96. The van der Waals surface area contributed by atoms with Gasteiger partial charge in [-0.25, -0.2) is 0 Å². The van der Waals surface area contributed by atoms with Crippen LogP contribution < -0.4 is 4.90 Å². The molecule has 2 unspecified atom stereocenters. The number of ether oxygens (including phenoxy) is 1. The van der Waals surface area contributed by atoms with Crippen LogP contribution in [0.4, 0.5) is 5.82 Å². The summed E-state index contributed by atoms with van der Waals surface area (Å²) in [5.74, 6) is 1.87. The standard InChI is InChI=1S/C18H30N4OS/c1-14-12-21(13-15(2)23-14)9-6-16-7-10-22(11-8-16)17-4-5-18(24-3)20-19-17/h4-5,14-16H,6-13H2,1-3H3. The van der Waals surface area contributed by atoms with Crippen molar-refractivity contribution in [1.29, 1.82) is 0 Å². The molecule has 24 heavy (non-hydrogen) atoms. The molecule has 1 aromatic rings. The van der Waals surface area contributed by atoms with Crippen molar-refractivity contribution >= 4 is 17.6 Å². The molecule has 3 rings (SSSR count). The van der Waals surface area contributed by atoms with Gasteiger partial charge in [-0.05, 0) is 64.0 Å². The minimum atomic E-state index is 0.374. The smallest absolute Gasteiger partial charge is 0.151 e. The van der Waals surface area contributed by atoms with Crippen molar-refractivity contribution in [2.45, 2.75) is 50.3 Å². The molecule has 2 saturated heterocycles. The van der Waals surface area contributed by atoms with E-state index in [1.807, 2.05) is 6.26 Å². The van der Waals surface area contributed by atoms with Crippen molar-refractivity contribution in [3.8, 4) is 0 Å². The number of piperidine rings is 1. The van der Waals surface area contributed by atoms with Gasteiger partial charge >= 0.3 is 0 Å². The van der Waals surface area contributed by atoms with E-state index in [9.17, 15) is 0 Å². The van der Waals surface area contributed by atoms with Crippen molar-refractivity contribution < 1.29 is 4.74 Å². The van der Waals surface area contributed by atoms with Crippen LogP contribution in [0.3, 0.4) is 0 Å². The summed E-state index contributed by atoms with van der Waals surface area (Å²) in [5.41, 5.74) is 0. The molecule has 0 amide bonds. The normalized spacial score (nSPS) is 26.7. The van der Waals surface area contributed by atoms with Crippen LogP contribution in [0.15, 0.2) is 17.2 Å². The highest BCUT2D eigenvalue weighted by atomic mass is 32.2. The van der Waals surface area contributed by atoms with Gasteiger partial charge in [0, 0.05) is 26.2 Å². The van der Waals surface area contributed by atoms with Gasteiger partial charge in [-0.2, -0.15) is 0 Å². The fourth-order valence-corrected chi connectivity index (χ4v) is 4.20. The molecule has 0 saturated carbocycles. The molecule has 2 aliphatic heterocycles. The van der Waals surface area contributed by atoms with E-state index in [1.54, 1.807) is 11.8 Å². The van der Waals surface area contributed by atoms with Crippen LogP contribution in [0.5, 0.6) is 0 Å². The predicted octanol–water partition coefficient (Wildman–Crippen LogP) is 2.91. The molecule has 2 atom stereocenters. The molecule has 2 fully saturated rings. The Hall–Kier alpha value is -0.850. The maximum absolute atomic E-state index is 5.83. The van der Waals surface area contributed by atoms with Crippen LogP contribution >= 0.6 is 11.8 Å². The van der Waals surface area contributed by atoms with Gasteiger partial charge in [-0.15, -0.1) is 22.0 Å². The Labute approximate surface area is 150 Å². The first-order valence-corrected chi connectivity index (χ1v) is 10.4. The Morgan fingerprint density at radius 1 is 1.12 bits per heavy atom. The lowest BCUT2D eigenvalue weighted by Crippen LogP contribution is -2.46. The highest BCUT2D eigenvalue weighted by molar-refractivity contribution is 7.98. The highest BCUT2D eigenvalue weighted by Gasteiger charge is 2.24. The van der Waals surface area contributed by atoms with Crippen molar-refractivity contribution in [2.24, 2.45) is 5.92 Å². The molecular formula is C18H30N4OS. The lowest BCUT2D eigenvalue weighted by molar-refractivity contribution is -0.0690. The summed E-state index contributed by atoms with van der Waals surface area (Å²) in [6.45, 7) is 9.96. The molecule has 5 nitrogen and oxygen atoms in total. The molecule has 0 aliphatic carbocycles. The Bertz CT molecular complexity index is 494. The molecule has 0 aromatic carbocycles. The van der Waals surface area contributed by atoms with Crippen LogP contribution in [0.25, 0.3) is 0 Å². The molecule has 0 N–H and O–H groups in total. The average molecular weight is 351 g/mol. The third-order valence-electron chi connectivity index (χ3n) is 5.12. The van der Waals surface area contributed by atoms with Crippen molar-refractivity contribution in [2.75, 3.05) is 43.9 Å². The third-order valence-corrected chi connectivity index (χ3v) is 5.76. The third kappa shape index (κ3) is 4.83. The number of hydrogen-bond donors (Lipinski definition) is 0. The fraction of sp³-hybridized carbons (Fsp3) is 0.778. The minimum Gasteiger partial charge on any atom is -0.373 e. The number of hydrogen-bond acceptors (Lipinski definition) is 6. The Balaban J connectivity index is 1.41. The first-order chi connectivity index (χ1) is 11.6. The lowest BCUT2D eigenvalue weighted by Gasteiger charge is -2.37. The highest BCUT2D eigenvalue weighted by Crippen LogP contribution is 2.25. The summed E-state index contributed by atoms with van der Waals surface area (Å²) in [6.07, 6.45) is 6.62. The number of aromatic nitrogens is 2.